The van der Waals surface area contributed by atoms with Gasteiger partial charge in [-0.25, -0.2) is 4.68 Å². The van der Waals surface area contributed by atoms with Crippen LogP contribution in [0.25, 0.3) is 5.69 Å². The highest BCUT2D eigenvalue weighted by atomic mass is 15.4. The van der Waals surface area contributed by atoms with Crippen LogP contribution in [0.3, 0.4) is 0 Å². The number of nitrogens with zero attached hydrogens (tertiary/aromatic N) is 3. The number of benzene rings is 1. The first-order valence-electron chi connectivity index (χ1n) is 6.38. The van der Waals surface area contributed by atoms with E-state index >= 15 is 0 Å². The number of nitrogens with two attached hydrogens (primary N) is 1. The van der Waals surface area contributed by atoms with Crippen molar-refractivity contribution in [3.05, 3.63) is 40.7 Å². The highest BCUT2D eigenvalue weighted by Crippen LogP contribution is 2.17. The van der Waals surface area contributed by atoms with Crippen LogP contribution in [0, 0.1) is 13.8 Å². The zero-order valence-corrected chi connectivity index (χ0v) is 11.3. The molecule has 2 rings (SSSR count). The molecule has 1 aromatic heterocycles. The Labute approximate surface area is 108 Å². The maximum atomic E-state index is 5.71. The van der Waals surface area contributed by atoms with Crippen molar-refractivity contribution in [1.29, 1.82) is 0 Å². The zero-order valence-electron chi connectivity index (χ0n) is 11.3. The van der Waals surface area contributed by atoms with Gasteiger partial charge in [-0.2, -0.15) is 0 Å². The molecular weight excluding hydrogens is 224 g/mol. The lowest BCUT2D eigenvalue weighted by Crippen LogP contribution is -2.06. The summed E-state index contributed by atoms with van der Waals surface area (Å²) >= 11 is 0. The Hall–Kier alpha value is -1.68. The number of rotatable bonds is 4. The van der Waals surface area contributed by atoms with Gasteiger partial charge in [0.25, 0.3) is 0 Å². The number of aromatic nitrogens is 3. The van der Waals surface area contributed by atoms with Crippen molar-refractivity contribution in [1.82, 2.24) is 15.0 Å². The summed E-state index contributed by atoms with van der Waals surface area (Å²) in [4.78, 5) is 0. The molecule has 0 fully saturated rings. The first kappa shape index (κ1) is 12.8. The first-order valence-corrected chi connectivity index (χ1v) is 6.38. The van der Waals surface area contributed by atoms with Gasteiger partial charge in [-0.3, -0.25) is 0 Å². The molecule has 0 aliphatic rings. The second-order valence-electron chi connectivity index (χ2n) is 4.62. The predicted octanol–water partition coefficient (Wildman–Crippen LogP) is 2.30. The molecule has 96 valence electrons. The lowest BCUT2D eigenvalue weighted by atomic mass is 10.1. The van der Waals surface area contributed by atoms with Gasteiger partial charge in [-0.05, 0) is 43.5 Å². The van der Waals surface area contributed by atoms with E-state index in [0.717, 1.165) is 29.9 Å². The molecule has 18 heavy (non-hydrogen) atoms. The summed E-state index contributed by atoms with van der Waals surface area (Å²) in [5, 5.41) is 8.40. The average Bonchev–Trinajstić information content (AvgIpc) is 2.76. The summed E-state index contributed by atoms with van der Waals surface area (Å²) in [5.74, 6) is 0. The van der Waals surface area contributed by atoms with Crippen LogP contribution in [0.5, 0.6) is 0 Å². The molecule has 2 aromatic rings. The molecule has 0 spiro atoms. The number of hydrogen-bond donors (Lipinski definition) is 1. The summed E-state index contributed by atoms with van der Waals surface area (Å²) < 4.78 is 1.91. The fraction of sp³-hybridized carbons (Fsp3) is 0.429. The minimum Gasteiger partial charge on any atom is -0.325 e. The topological polar surface area (TPSA) is 56.7 Å². The van der Waals surface area contributed by atoms with Gasteiger partial charge in [0.05, 0.1) is 17.1 Å². The lowest BCUT2D eigenvalue weighted by molar-refractivity contribution is 0.744. The van der Waals surface area contributed by atoms with E-state index in [9.17, 15) is 0 Å². The average molecular weight is 244 g/mol. The molecule has 0 saturated heterocycles. The highest BCUT2D eigenvalue weighted by molar-refractivity contribution is 5.40. The molecule has 0 aliphatic heterocycles. The van der Waals surface area contributed by atoms with Crippen LogP contribution in [-0.4, -0.2) is 15.0 Å². The summed E-state index contributed by atoms with van der Waals surface area (Å²) in [6, 6.07) is 6.34. The fourth-order valence-corrected chi connectivity index (χ4v) is 2.04. The summed E-state index contributed by atoms with van der Waals surface area (Å²) in [6.45, 7) is 6.82. The van der Waals surface area contributed by atoms with Gasteiger partial charge < -0.3 is 5.73 Å². The molecule has 0 saturated carbocycles. The van der Waals surface area contributed by atoms with Crippen LogP contribution in [0.4, 0.5) is 0 Å². The Morgan fingerprint density at radius 1 is 1.22 bits per heavy atom. The predicted molar refractivity (Wildman–Crippen MR) is 72.7 cm³/mol. The molecule has 4 heteroatoms. The molecule has 1 aromatic carbocycles. The van der Waals surface area contributed by atoms with Crippen molar-refractivity contribution >= 4 is 0 Å². The molecule has 2 N–H and O–H groups in total. The third kappa shape index (κ3) is 2.29. The van der Waals surface area contributed by atoms with E-state index in [1.807, 2.05) is 4.68 Å². The summed E-state index contributed by atoms with van der Waals surface area (Å²) in [6.07, 6.45) is 2.01. The molecule has 0 aliphatic carbocycles. The SMILES string of the molecule is CCCc1c(CN)nnn1-c1ccc(C)c(C)c1. The number of aryl methyl sites for hydroxylation is 2. The molecule has 1 heterocycles. The molecule has 0 atom stereocenters. The van der Waals surface area contributed by atoms with E-state index in [1.54, 1.807) is 0 Å². The molecule has 4 nitrogen and oxygen atoms in total. The van der Waals surface area contributed by atoms with Crippen molar-refractivity contribution in [2.24, 2.45) is 5.73 Å². The molecule has 0 bridgehead atoms. The van der Waals surface area contributed by atoms with Crippen LogP contribution in [0.2, 0.25) is 0 Å². The second-order valence-corrected chi connectivity index (χ2v) is 4.62. The van der Waals surface area contributed by atoms with E-state index in [4.69, 9.17) is 5.73 Å². The second kappa shape index (κ2) is 5.31. The molecule has 0 radical (unpaired) electrons. The van der Waals surface area contributed by atoms with E-state index < -0.39 is 0 Å². The third-order valence-corrected chi connectivity index (χ3v) is 3.26. The number of hydrogen-bond acceptors (Lipinski definition) is 3. The maximum Gasteiger partial charge on any atom is 0.0999 e. The van der Waals surface area contributed by atoms with Gasteiger partial charge in [-0.15, -0.1) is 5.10 Å². The molecule has 0 amide bonds. The monoisotopic (exact) mass is 244 g/mol. The standard InChI is InChI=1S/C14H20N4/c1-4-5-14-13(9-15)16-17-18(14)12-7-6-10(2)11(3)8-12/h6-8H,4-5,9,15H2,1-3H3. The maximum absolute atomic E-state index is 5.71. The van der Waals surface area contributed by atoms with Crippen LogP contribution >= 0.6 is 0 Å². The smallest absolute Gasteiger partial charge is 0.0999 e. The van der Waals surface area contributed by atoms with Gasteiger partial charge in [0.15, 0.2) is 0 Å². The fourth-order valence-electron chi connectivity index (χ4n) is 2.04. The van der Waals surface area contributed by atoms with Crippen molar-refractivity contribution < 1.29 is 0 Å². The Morgan fingerprint density at radius 2 is 2.00 bits per heavy atom. The van der Waals surface area contributed by atoms with E-state index in [2.05, 4.69) is 49.3 Å². The van der Waals surface area contributed by atoms with Crippen molar-refractivity contribution in [2.45, 2.75) is 40.2 Å². The van der Waals surface area contributed by atoms with Crippen LogP contribution in [0.15, 0.2) is 18.2 Å². The minimum atomic E-state index is 0.445. The van der Waals surface area contributed by atoms with Gasteiger partial charge >= 0.3 is 0 Å². The quantitative estimate of drug-likeness (QED) is 0.897. The largest absolute Gasteiger partial charge is 0.325 e. The summed E-state index contributed by atoms with van der Waals surface area (Å²) in [5.41, 5.74) is 11.4. The van der Waals surface area contributed by atoms with E-state index in [-0.39, 0.29) is 0 Å². The van der Waals surface area contributed by atoms with Crippen LogP contribution < -0.4 is 5.73 Å². The Bertz CT molecular complexity index is 543. The van der Waals surface area contributed by atoms with Crippen molar-refractivity contribution in [3.8, 4) is 5.69 Å². The Balaban J connectivity index is 2.49. The Kier molecular flexibility index (Phi) is 3.77. The Morgan fingerprint density at radius 3 is 2.61 bits per heavy atom. The third-order valence-electron chi connectivity index (χ3n) is 3.26. The van der Waals surface area contributed by atoms with Gasteiger partial charge in [0.2, 0.25) is 0 Å². The summed E-state index contributed by atoms with van der Waals surface area (Å²) in [7, 11) is 0. The first-order chi connectivity index (χ1) is 8.67. The minimum absolute atomic E-state index is 0.445. The highest BCUT2D eigenvalue weighted by Gasteiger charge is 2.12. The van der Waals surface area contributed by atoms with E-state index in [1.165, 1.54) is 11.1 Å². The molecular formula is C14H20N4. The van der Waals surface area contributed by atoms with Crippen molar-refractivity contribution in [3.63, 3.8) is 0 Å². The van der Waals surface area contributed by atoms with Crippen LogP contribution in [0.1, 0.15) is 35.9 Å². The van der Waals surface area contributed by atoms with E-state index in [0.29, 0.717) is 6.54 Å². The van der Waals surface area contributed by atoms with Gasteiger partial charge in [-0.1, -0.05) is 24.6 Å². The molecule has 0 unspecified atom stereocenters. The van der Waals surface area contributed by atoms with Gasteiger partial charge in [0, 0.05) is 6.54 Å². The van der Waals surface area contributed by atoms with Crippen LogP contribution in [-0.2, 0) is 13.0 Å². The lowest BCUT2D eigenvalue weighted by Gasteiger charge is -2.08. The zero-order chi connectivity index (χ0) is 13.1. The van der Waals surface area contributed by atoms with Gasteiger partial charge in [0.1, 0.15) is 0 Å². The normalized spacial score (nSPS) is 10.9. The van der Waals surface area contributed by atoms with Crippen molar-refractivity contribution in [2.75, 3.05) is 0 Å².